The molecule has 0 bridgehead atoms. The zero-order chi connectivity index (χ0) is 15.2. The zero-order valence-corrected chi connectivity index (χ0v) is 12.3. The SMILES string of the molecule is COc1ccc(CCOC(=O)c2cc(N)ccc2C)cc1. The minimum Gasteiger partial charge on any atom is -0.497 e. The molecule has 0 atom stereocenters. The lowest BCUT2D eigenvalue weighted by atomic mass is 10.1. The molecular formula is C17H19NO3. The van der Waals surface area contributed by atoms with E-state index in [-0.39, 0.29) is 5.97 Å². The Kier molecular flexibility index (Phi) is 4.82. The quantitative estimate of drug-likeness (QED) is 0.677. The number of hydrogen-bond acceptors (Lipinski definition) is 4. The predicted octanol–water partition coefficient (Wildman–Crippen LogP) is 2.99. The average Bonchev–Trinajstić information content (AvgIpc) is 2.50. The number of anilines is 1. The Bertz CT molecular complexity index is 620. The van der Waals surface area contributed by atoms with Crippen LogP contribution in [-0.2, 0) is 11.2 Å². The highest BCUT2D eigenvalue weighted by molar-refractivity contribution is 5.92. The van der Waals surface area contributed by atoms with E-state index in [0.29, 0.717) is 24.3 Å². The zero-order valence-electron chi connectivity index (χ0n) is 12.3. The third-order valence-electron chi connectivity index (χ3n) is 3.26. The van der Waals surface area contributed by atoms with E-state index >= 15 is 0 Å². The fourth-order valence-corrected chi connectivity index (χ4v) is 1.99. The second-order valence-corrected chi connectivity index (χ2v) is 4.81. The summed E-state index contributed by atoms with van der Waals surface area (Å²) in [4.78, 5) is 12.0. The average molecular weight is 285 g/mol. The van der Waals surface area contributed by atoms with E-state index in [1.54, 1.807) is 19.2 Å². The van der Waals surface area contributed by atoms with Crippen LogP contribution in [0.15, 0.2) is 42.5 Å². The van der Waals surface area contributed by atoms with Gasteiger partial charge in [-0.05, 0) is 42.3 Å². The van der Waals surface area contributed by atoms with E-state index in [9.17, 15) is 4.79 Å². The summed E-state index contributed by atoms with van der Waals surface area (Å²) in [5.41, 5.74) is 8.72. The number of esters is 1. The first-order valence-electron chi connectivity index (χ1n) is 6.76. The Morgan fingerprint density at radius 2 is 1.86 bits per heavy atom. The predicted molar refractivity (Wildman–Crippen MR) is 82.6 cm³/mol. The number of rotatable bonds is 5. The highest BCUT2D eigenvalue weighted by Gasteiger charge is 2.10. The van der Waals surface area contributed by atoms with Crippen molar-refractivity contribution in [2.24, 2.45) is 0 Å². The van der Waals surface area contributed by atoms with E-state index in [2.05, 4.69) is 0 Å². The molecule has 21 heavy (non-hydrogen) atoms. The van der Waals surface area contributed by atoms with Crippen LogP contribution in [0.4, 0.5) is 5.69 Å². The van der Waals surface area contributed by atoms with Gasteiger partial charge in [0.05, 0.1) is 19.3 Å². The summed E-state index contributed by atoms with van der Waals surface area (Å²) in [6.45, 7) is 2.19. The standard InChI is InChI=1S/C17H19NO3/c1-12-3-6-14(18)11-16(12)17(19)21-10-9-13-4-7-15(20-2)8-5-13/h3-8,11H,9-10,18H2,1-2H3. The van der Waals surface area contributed by atoms with Gasteiger partial charge in [-0.1, -0.05) is 18.2 Å². The summed E-state index contributed by atoms with van der Waals surface area (Å²) in [5, 5.41) is 0. The first kappa shape index (κ1) is 14.9. The largest absolute Gasteiger partial charge is 0.497 e. The van der Waals surface area contributed by atoms with Crippen molar-refractivity contribution < 1.29 is 14.3 Å². The highest BCUT2D eigenvalue weighted by atomic mass is 16.5. The fourth-order valence-electron chi connectivity index (χ4n) is 1.99. The van der Waals surface area contributed by atoms with Crippen LogP contribution < -0.4 is 10.5 Å². The van der Waals surface area contributed by atoms with E-state index in [0.717, 1.165) is 16.9 Å². The summed E-state index contributed by atoms with van der Waals surface area (Å²) < 4.78 is 10.4. The molecule has 0 fully saturated rings. The molecule has 0 aliphatic rings. The van der Waals surface area contributed by atoms with E-state index in [1.165, 1.54) is 0 Å². The first-order valence-corrected chi connectivity index (χ1v) is 6.76. The summed E-state index contributed by atoms with van der Waals surface area (Å²) >= 11 is 0. The molecule has 110 valence electrons. The maximum Gasteiger partial charge on any atom is 0.338 e. The number of ether oxygens (including phenoxy) is 2. The Morgan fingerprint density at radius 1 is 1.14 bits per heavy atom. The van der Waals surface area contributed by atoms with Gasteiger partial charge in [-0.2, -0.15) is 0 Å². The van der Waals surface area contributed by atoms with Crippen LogP contribution >= 0.6 is 0 Å². The number of nitrogens with two attached hydrogens (primary N) is 1. The number of hydrogen-bond donors (Lipinski definition) is 1. The van der Waals surface area contributed by atoms with Crippen molar-refractivity contribution >= 4 is 11.7 Å². The van der Waals surface area contributed by atoms with Gasteiger partial charge in [0.15, 0.2) is 0 Å². The summed E-state index contributed by atoms with van der Waals surface area (Å²) in [6, 6.07) is 12.9. The van der Waals surface area contributed by atoms with Crippen LogP contribution in [0.3, 0.4) is 0 Å². The van der Waals surface area contributed by atoms with Gasteiger partial charge in [-0.25, -0.2) is 4.79 Å². The summed E-state index contributed by atoms with van der Waals surface area (Å²) in [5.74, 6) is 0.472. The molecule has 4 nitrogen and oxygen atoms in total. The van der Waals surface area contributed by atoms with Gasteiger partial charge in [0, 0.05) is 12.1 Å². The minimum atomic E-state index is -0.340. The van der Waals surface area contributed by atoms with Gasteiger partial charge in [0.25, 0.3) is 0 Å². The van der Waals surface area contributed by atoms with Crippen molar-refractivity contribution in [2.45, 2.75) is 13.3 Å². The van der Waals surface area contributed by atoms with Crippen molar-refractivity contribution in [2.75, 3.05) is 19.5 Å². The Balaban J connectivity index is 1.90. The smallest absolute Gasteiger partial charge is 0.338 e. The van der Waals surface area contributed by atoms with Gasteiger partial charge < -0.3 is 15.2 Å². The Morgan fingerprint density at radius 3 is 2.52 bits per heavy atom. The molecule has 2 N–H and O–H groups in total. The van der Waals surface area contributed by atoms with Crippen LogP contribution in [0.5, 0.6) is 5.75 Å². The van der Waals surface area contributed by atoms with Crippen LogP contribution in [-0.4, -0.2) is 19.7 Å². The number of benzene rings is 2. The third-order valence-corrected chi connectivity index (χ3v) is 3.26. The maximum absolute atomic E-state index is 12.0. The molecule has 2 rings (SSSR count). The molecule has 0 saturated carbocycles. The molecule has 0 aromatic heterocycles. The monoisotopic (exact) mass is 285 g/mol. The number of nitrogen functional groups attached to an aromatic ring is 1. The van der Waals surface area contributed by atoms with Crippen molar-refractivity contribution in [3.8, 4) is 5.75 Å². The van der Waals surface area contributed by atoms with Crippen LogP contribution in [0.2, 0.25) is 0 Å². The third kappa shape index (κ3) is 3.99. The Hall–Kier alpha value is -2.49. The van der Waals surface area contributed by atoms with Crippen molar-refractivity contribution in [3.63, 3.8) is 0 Å². The molecule has 0 saturated heterocycles. The van der Waals surface area contributed by atoms with Gasteiger partial charge in [-0.3, -0.25) is 0 Å². The van der Waals surface area contributed by atoms with Gasteiger partial charge in [0.1, 0.15) is 5.75 Å². The molecule has 0 amide bonds. The normalized spacial score (nSPS) is 10.2. The minimum absolute atomic E-state index is 0.333. The second-order valence-electron chi connectivity index (χ2n) is 4.81. The topological polar surface area (TPSA) is 61.5 Å². The van der Waals surface area contributed by atoms with Crippen LogP contribution in [0.25, 0.3) is 0 Å². The van der Waals surface area contributed by atoms with E-state index in [4.69, 9.17) is 15.2 Å². The second kappa shape index (κ2) is 6.79. The van der Waals surface area contributed by atoms with Crippen LogP contribution in [0.1, 0.15) is 21.5 Å². The molecule has 0 aliphatic heterocycles. The molecule has 4 heteroatoms. The van der Waals surface area contributed by atoms with Crippen LogP contribution in [0, 0.1) is 6.92 Å². The first-order chi connectivity index (χ1) is 10.1. The molecule has 0 heterocycles. The lowest BCUT2D eigenvalue weighted by molar-refractivity contribution is 0.0508. The van der Waals surface area contributed by atoms with E-state index in [1.807, 2.05) is 37.3 Å². The fraction of sp³-hybridized carbons (Fsp3) is 0.235. The van der Waals surface area contributed by atoms with Crippen molar-refractivity contribution in [1.29, 1.82) is 0 Å². The molecule has 0 unspecified atom stereocenters. The van der Waals surface area contributed by atoms with Gasteiger partial charge in [0.2, 0.25) is 0 Å². The van der Waals surface area contributed by atoms with Crippen molar-refractivity contribution in [1.82, 2.24) is 0 Å². The lowest BCUT2D eigenvalue weighted by Gasteiger charge is -2.08. The molecule has 0 spiro atoms. The molecule has 2 aromatic rings. The highest BCUT2D eigenvalue weighted by Crippen LogP contribution is 2.15. The van der Waals surface area contributed by atoms with Gasteiger partial charge in [-0.15, -0.1) is 0 Å². The molecule has 0 aliphatic carbocycles. The van der Waals surface area contributed by atoms with E-state index < -0.39 is 0 Å². The molecule has 0 radical (unpaired) electrons. The van der Waals surface area contributed by atoms with Crippen molar-refractivity contribution in [3.05, 3.63) is 59.2 Å². The Labute approximate surface area is 124 Å². The number of methoxy groups -OCH3 is 1. The summed E-state index contributed by atoms with van der Waals surface area (Å²) in [6.07, 6.45) is 0.664. The maximum atomic E-state index is 12.0. The number of carbonyl (C=O) groups is 1. The molecule has 2 aromatic carbocycles. The lowest BCUT2D eigenvalue weighted by Crippen LogP contribution is -2.10. The number of aryl methyl sites for hydroxylation is 1. The number of carbonyl (C=O) groups excluding carboxylic acids is 1. The molecular weight excluding hydrogens is 266 g/mol. The van der Waals surface area contributed by atoms with Gasteiger partial charge >= 0.3 is 5.97 Å². The summed E-state index contributed by atoms with van der Waals surface area (Å²) in [7, 11) is 1.63.